The normalized spacial score (nSPS) is 14.4. The summed E-state index contributed by atoms with van der Waals surface area (Å²) in [4.78, 5) is 4.59. The summed E-state index contributed by atoms with van der Waals surface area (Å²) in [6, 6.07) is 48.1. The molecule has 0 atom stereocenters. The summed E-state index contributed by atoms with van der Waals surface area (Å²) in [6.07, 6.45) is 0.0935. The summed E-state index contributed by atoms with van der Waals surface area (Å²) in [6.45, 7) is 33.2. The van der Waals surface area contributed by atoms with Gasteiger partial charge in [-0.2, -0.15) is 4.57 Å². The number of furan rings is 1. The van der Waals surface area contributed by atoms with Crippen LogP contribution in [0.3, 0.4) is 0 Å². The van der Waals surface area contributed by atoms with Crippen molar-refractivity contribution in [3.63, 3.8) is 0 Å². The van der Waals surface area contributed by atoms with Crippen LogP contribution >= 0.6 is 0 Å². The number of aromatic nitrogens is 5. The first-order chi connectivity index (χ1) is 46.6. The second-order valence-electron chi connectivity index (χ2n) is 27.8. The molecule has 6 heterocycles. The fraction of sp³-hybridized carbons (Fsp3) is 0.369. The Labute approximate surface area is 556 Å². The van der Waals surface area contributed by atoms with Crippen LogP contribution in [0.5, 0.6) is 0 Å². The summed E-state index contributed by atoms with van der Waals surface area (Å²) in [5.74, 6) is -0.124. The Morgan fingerprint density at radius 1 is 0.456 bits per heavy atom. The molecule has 5 aromatic carbocycles. The smallest absolute Gasteiger partial charge is 0.227 e. The molecule has 0 fully saturated rings. The zero-order valence-electron chi connectivity index (χ0n) is 68.8. The molecule has 0 unspecified atom stereocenters. The molecule has 0 amide bonds. The number of hydrogen-bond acceptors (Lipinski definition) is 2. The lowest BCUT2D eigenvalue weighted by molar-refractivity contribution is -0.661. The maximum atomic E-state index is 8.65. The standard InChI is InChI=1S/C27H27N2O.C20H28N.C19H26N.C18H24N/c1-16(2)15-19-7-6-8-23-20(19)13-14-24(29(23)5)25-17(3)9-11-21-22-12-10-18(4)28-27(22)30-26(21)25;1-14-8-9-18(16(3)10-14)19-11-15(2)17(13-21(19)7)12-20(4,5)6;1-14-9-7-8-10-17(14)18-11-15(2)16(13-20(18)6)12-19(3,4)5;1-14-8-6-7-9-16(14)17-11-10-15(13-19(17)5)12-18(2,3)4/h6-14,16H,15H2,1-5H3;8-11,13H,12H2,1-7H3;7-11,13H,12H2,1-6H3;6-11,13H,12H2,1-5H3/q4*+1/i15D2;1D3,12D2;2*12D2. The minimum atomic E-state index is -2.12. The molecule has 0 saturated heterocycles. The van der Waals surface area contributed by atoms with E-state index >= 15 is 0 Å². The van der Waals surface area contributed by atoms with Crippen LogP contribution in [0.4, 0.5) is 0 Å². The molecule has 468 valence electrons. The van der Waals surface area contributed by atoms with Crippen molar-refractivity contribution >= 4 is 33.0 Å². The zero-order chi connectivity index (χ0) is 75.4. The Balaban J connectivity index is 0.000000174. The van der Waals surface area contributed by atoms with Crippen LogP contribution in [-0.4, -0.2) is 4.98 Å². The maximum Gasteiger partial charge on any atom is 0.227 e. The highest BCUT2D eigenvalue weighted by atomic mass is 16.3. The third kappa shape index (κ3) is 16.8. The lowest BCUT2D eigenvalue weighted by Crippen LogP contribution is -2.32. The van der Waals surface area contributed by atoms with Gasteiger partial charge in [-0.1, -0.05) is 155 Å². The third-order valence-electron chi connectivity index (χ3n) is 15.7. The molecule has 0 spiro atoms. The first-order valence-electron chi connectivity index (χ1n) is 37.0. The van der Waals surface area contributed by atoms with E-state index in [-0.39, 0.29) is 5.92 Å². The maximum absolute atomic E-state index is 8.65. The molecule has 0 aliphatic rings. The number of aryl methyl sites for hydroxylation is 12. The molecule has 90 heavy (non-hydrogen) atoms. The van der Waals surface area contributed by atoms with E-state index in [1.165, 1.54) is 22.3 Å². The van der Waals surface area contributed by atoms with E-state index in [4.69, 9.17) is 19.5 Å². The number of pyridine rings is 5. The monoisotopic (exact) mass is 1210 g/mol. The number of nitrogens with zero attached hydrogens (tertiary/aromatic N) is 5. The second kappa shape index (κ2) is 28.0. The SMILES string of the molecule is [2H]C([2H])([2H])c1ccc(-c2cc(C)c(C([2H])([2H])C(C)(C)C)c[n+]2C)c(C)c1.[2H]C([2H])(c1c[n+](C)c(-c2ccccc2C)cc1C)C(C)(C)C.[2H]C([2H])(c1ccc(-c2ccccc2C)[n+](C)c1)C(C)(C)C.[2H]C([2H])(c1cccc2c1ccc(-c1c(C)ccc3c1oc1nc(C)ccc13)[n+]2C)C(C)C. The quantitative estimate of drug-likeness (QED) is 0.135. The van der Waals surface area contributed by atoms with Gasteiger partial charge in [-0.3, -0.25) is 0 Å². The number of fused-ring (bicyclic) bond motifs is 4. The van der Waals surface area contributed by atoms with Gasteiger partial charge in [-0.15, -0.1) is 0 Å². The van der Waals surface area contributed by atoms with Crippen molar-refractivity contribution in [1.82, 2.24) is 4.98 Å². The molecule has 0 bridgehead atoms. The van der Waals surface area contributed by atoms with Crippen molar-refractivity contribution in [2.75, 3.05) is 0 Å². The van der Waals surface area contributed by atoms with Gasteiger partial charge in [0.2, 0.25) is 34.0 Å². The van der Waals surface area contributed by atoms with Crippen molar-refractivity contribution in [2.45, 2.75) is 157 Å². The van der Waals surface area contributed by atoms with Crippen molar-refractivity contribution in [2.24, 2.45) is 50.4 Å². The fourth-order valence-corrected chi connectivity index (χ4v) is 11.5. The van der Waals surface area contributed by atoms with Gasteiger partial charge in [-0.05, 0) is 184 Å². The summed E-state index contributed by atoms with van der Waals surface area (Å²) in [5.41, 5.74) is 20.1. The third-order valence-corrected chi connectivity index (χ3v) is 15.7. The average Bonchev–Trinajstić information content (AvgIpc) is 1.72. The van der Waals surface area contributed by atoms with Crippen LogP contribution < -0.4 is 18.3 Å². The van der Waals surface area contributed by atoms with Gasteiger partial charge >= 0.3 is 0 Å². The predicted octanol–water partition coefficient (Wildman–Crippen LogP) is 19.6. The Bertz CT molecular complexity index is 4890. The molecule has 11 aromatic rings. The average molecular weight is 1210 g/mol. The molecule has 0 aliphatic heterocycles. The summed E-state index contributed by atoms with van der Waals surface area (Å²) < 4.78 is 105. The van der Waals surface area contributed by atoms with Gasteiger partial charge in [0.25, 0.3) is 0 Å². The van der Waals surface area contributed by atoms with E-state index in [1.54, 1.807) is 12.1 Å². The van der Waals surface area contributed by atoms with Gasteiger partial charge in [0.05, 0.1) is 5.56 Å². The van der Waals surface area contributed by atoms with Crippen LogP contribution in [0.2, 0.25) is 0 Å². The minimum absolute atomic E-state index is 0.124. The van der Waals surface area contributed by atoms with Gasteiger partial charge in [0, 0.05) is 101 Å². The minimum Gasteiger partial charge on any atom is -0.437 e. The van der Waals surface area contributed by atoms with Crippen molar-refractivity contribution in [3.05, 3.63) is 231 Å². The van der Waals surface area contributed by atoms with E-state index < -0.39 is 48.6 Å². The van der Waals surface area contributed by atoms with E-state index in [0.717, 1.165) is 106 Å². The van der Waals surface area contributed by atoms with Gasteiger partial charge in [0.1, 0.15) is 28.2 Å². The van der Waals surface area contributed by atoms with Crippen molar-refractivity contribution in [1.29, 1.82) is 0 Å². The van der Waals surface area contributed by atoms with E-state index in [0.29, 0.717) is 16.8 Å². The Morgan fingerprint density at radius 3 is 1.51 bits per heavy atom. The van der Waals surface area contributed by atoms with Crippen LogP contribution in [0.15, 0.2) is 169 Å². The van der Waals surface area contributed by atoms with Crippen molar-refractivity contribution < 1.29 is 37.8 Å². The fourth-order valence-electron chi connectivity index (χ4n) is 11.5. The van der Waals surface area contributed by atoms with Gasteiger partial charge in [-0.25, -0.2) is 18.7 Å². The van der Waals surface area contributed by atoms with Crippen LogP contribution in [0, 0.1) is 77.5 Å². The predicted molar refractivity (Wildman–Crippen MR) is 381 cm³/mol. The van der Waals surface area contributed by atoms with Crippen molar-refractivity contribution in [3.8, 4) is 45.0 Å². The Hall–Kier alpha value is -8.09. The van der Waals surface area contributed by atoms with E-state index in [1.807, 2.05) is 237 Å². The highest BCUT2D eigenvalue weighted by Gasteiger charge is 2.25. The van der Waals surface area contributed by atoms with Crippen LogP contribution in [-0.2, 0) is 53.7 Å². The molecular formula is C84H105N5O+4. The molecule has 6 heteroatoms. The Kier molecular flexibility index (Phi) is 16.7. The summed E-state index contributed by atoms with van der Waals surface area (Å²) in [7, 11) is 7.90. The zero-order valence-corrected chi connectivity index (χ0v) is 57.8. The molecule has 0 aliphatic carbocycles. The van der Waals surface area contributed by atoms with E-state index in [2.05, 4.69) is 91.0 Å². The van der Waals surface area contributed by atoms with Crippen LogP contribution in [0.25, 0.3) is 78.0 Å². The number of benzene rings is 5. The highest BCUT2D eigenvalue weighted by molar-refractivity contribution is 6.09. The molecule has 6 aromatic heterocycles. The highest BCUT2D eigenvalue weighted by Crippen LogP contribution is 2.38. The van der Waals surface area contributed by atoms with Crippen LogP contribution in [0.1, 0.15) is 158 Å². The number of rotatable bonds is 9. The molecule has 0 N–H and O–H groups in total. The lowest BCUT2D eigenvalue weighted by Gasteiger charge is -2.19. The summed E-state index contributed by atoms with van der Waals surface area (Å²) in [5, 5.41) is 3.00. The molecular weight excluding hydrogens is 1090 g/mol. The van der Waals surface area contributed by atoms with Gasteiger partial charge < -0.3 is 4.42 Å². The topological polar surface area (TPSA) is 41.6 Å². The van der Waals surface area contributed by atoms with Gasteiger partial charge in [0.15, 0.2) is 24.2 Å². The first-order valence-corrected chi connectivity index (χ1v) is 31.5. The molecule has 0 saturated carbocycles. The molecule has 0 radical (unpaired) electrons. The molecule has 6 nitrogen and oxygen atoms in total. The number of hydrogen-bond donors (Lipinski definition) is 0. The van der Waals surface area contributed by atoms with E-state index in [9.17, 15) is 0 Å². The molecule has 11 rings (SSSR count). The second-order valence-corrected chi connectivity index (χ2v) is 27.8. The summed E-state index contributed by atoms with van der Waals surface area (Å²) >= 11 is 0. The lowest BCUT2D eigenvalue weighted by atomic mass is 9.87. The Morgan fingerprint density at radius 2 is 0.978 bits per heavy atom. The first kappa shape index (κ1) is 53.7. The largest absolute Gasteiger partial charge is 0.437 e.